The molecule has 1 aliphatic carbocycles. The molecule has 0 aliphatic heterocycles. The first-order chi connectivity index (χ1) is 8.99. The molecule has 2 atom stereocenters. The summed E-state index contributed by atoms with van der Waals surface area (Å²) in [4.78, 5) is 2.43. The van der Waals surface area contributed by atoms with E-state index in [0.717, 1.165) is 18.2 Å². The number of benzene rings is 1. The molecule has 0 saturated heterocycles. The van der Waals surface area contributed by atoms with Gasteiger partial charge in [0.1, 0.15) is 5.82 Å². The van der Waals surface area contributed by atoms with E-state index in [9.17, 15) is 4.39 Å². The van der Waals surface area contributed by atoms with E-state index in [0.29, 0.717) is 6.04 Å². The fraction of sp³-hybridized carbons (Fsp3) is 0.600. The van der Waals surface area contributed by atoms with Crippen LogP contribution in [0, 0.1) is 5.82 Å². The molecule has 1 fully saturated rings. The summed E-state index contributed by atoms with van der Waals surface area (Å²) in [6.45, 7) is 5.23. The van der Waals surface area contributed by atoms with Gasteiger partial charge in [0.2, 0.25) is 0 Å². The highest BCUT2D eigenvalue weighted by Crippen LogP contribution is 2.27. The van der Waals surface area contributed by atoms with Crippen LogP contribution in [0.1, 0.15) is 38.3 Å². The van der Waals surface area contributed by atoms with Gasteiger partial charge in [-0.15, -0.1) is 0 Å². The number of halogens is 2. The summed E-state index contributed by atoms with van der Waals surface area (Å²) in [6.07, 6.45) is 2.65. The maximum atomic E-state index is 13.1. The molecule has 19 heavy (non-hydrogen) atoms. The van der Waals surface area contributed by atoms with Crippen molar-refractivity contribution < 1.29 is 4.39 Å². The van der Waals surface area contributed by atoms with E-state index in [-0.39, 0.29) is 16.9 Å². The molecule has 4 heteroatoms. The van der Waals surface area contributed by atoms with Crippen molar-refractivity contribution >= 4 is 11.6 Å². The van der Waals surface area contributed by atoms with Crippen molar-refractivity contribution in [1.82, 2.24) is 10.2 Å². The number of hydrogen-bond donors (Lipinski definition) is 1. The Kier molecular flexibility index (Phi) is 4.82. The topological polar surface area (TPSA) is 15.3 Å². The average Bonchev–Trinajstić information content (AvgIpc) is 3.22. The van der Waals surface area contributed by atoms with E-state index < -0.39 is 0 Å². The number of likely N-dealkylation sites (N-methyl/N-ethyl adjacent to an activating group) is 1. The van der Waals surface area contributed by atoms with Crippen molar-refractivity contribution in [3.05, 3.63) is 34.6 Å². The maximum Gasteiger partial charge on any atom is 0.141 e. The highest BCUT2D eigenvalue weighted by atomic mass is 35.5. The summed E-state index contributed by atoms with van der Waals surface area (Å²) in [7, 11) is 2.18. The zero-order valence-electron chi connectivity index (χ0n) is 11.8. The molecular formula is C15H22ClFN2. The van der Waals surface area contributed by atoms with Crippen molar-refractivity contribution in [3.8, 4) is 0 Å². The summed E-state index contributed by atoms with van der Waals surface area (Å²) in [5.74, 6) is -0.362. The van der Waals surface area contributed by atoms with Crippen LogP contribution >= 0.6 is 11.6 Å². The van der Waals surface area contributed by atoms with Gasteiger partial charge in [-0.25, -0.2) is 4.39 Å². The van der Waals surface area contributed by atoms with Gasteiger partial charge in [0.15, 0.2) is 0 Å². The second-order valence-corrected chi connectivity index (χ2v) is 5.96. The Balaban J connectivity index is 1.86. The SMILES string of the molecule is CC(NCC(C)N(C)C1CC1)c1ccc(F)c(Cl)c1. The van der Waals surface area contributed by atoms with E-state index in [2.05, 4.69) is 31.1 Å². The lowest BCUT2D eigenvalue weighted by atomic mass is 10.1. The smallest absolute Gasteiger partial charge is 0.141 e. The molecule has 0 radical (unpaired) electrons. The molecule has 1 aromatic carbocycles. The Bertz CT molecular complexity index is 434. The number of hydrogen-bond acceptors (Lipinski definition) is 2. The van der Waals surface area contributed by atoms with Crippen LogP contribution in [-0.2, 0) is 0 Å². The van der Waals surface area contributed by atoms with Gasteiger partial charge in [-0.3, -0.25) is 4.90 Å². The quantitative estimate of drug-likeness (QED) is 0.858. The summed E-state index contributed by atoms with van der Waals surface area (Å²) < 4.78 is 13.1. The van der Waals surface area contributed by atoms with E-state index >= 15 is 0 Å². The third-order valence-corrected chi connectivity index (χ3v) is 4.27. The zero-order valence-corrected chi connectivity index (χ0v) is 12.5. The predicted molar refractivity (Wildman–Crippen MR) is 78.1 cm³/mol. The fourth-order valence-corrected chi connectivity index (χ4v) is 2.42. The Hall–Kier alpha value is -0.640. The molecule has 0 bridgehead atoms. The van der Waals surface area contributed by atoms with E-state index in [1.165, 1.54) is 18.9 Å². The average molecular weight is 285 g/mol. The number of nitrogens with one attached hydrogen (secondary N) is 1. The largest absolute Gasteiger partial charge is 0.309 e. The van der Waals surface area contributed by atoms with Gasteiger partial charge in [0.25, 0.3) is 0 Å². The van der Waals surface area contributed by atoms with Crippen LogP contribution < -0.4 is 5.32 Å². The Morgan fingerprint density at radius 2 is 2.11 bits per heavy atom. The van der Waals surface area contributed by atoms with Gasteiger partial charge in [-0.2, -0.15) is 0 Å². The van der Waals surface area contributed by atoms with Crippen molar-refractivity contribution in [1.29, 1.82) is 0 Å². The minimum absolute atomic E-state index is 0.174. The van der Waals surface area contributed by atoms with Crippen LogP contribution in [0.25, 0.3) is 0 Å². The molecule has 106 valence electrons. The first-order valence-electron chi connectivity index (χ1n) is 6.89. The molecule has 1 aromatic rings. The Morgan fingerprint density at radius 1 is 1.42 bits per heavy atom. The van der Waals surface area contributed by atoms with E-state index in [1.54, 1.807) is 12.1 Å². The summed E-state index contributed by atoms with van der Waals surface area (Å²) in [6, 6.07) is 6.36. The minimum Gasteiger partial charge on any atom is -0.309 e. The van der Waals surface area contributed by atoms with Crippen molar-refractivity contribution in [2.75, 3.05) is 13.6 Å². The molecule has 0 amide bonds. The predicted octanol–water partition coefficient (Wildman–Crippen LogP) is 3.61. The molecule has 0 heterocycles. The molecule has 2 rings (SSSR count). The third-order valence-electron chi connectivity index (χ3n) is 3.98. The van der Waals surface area contributed by atoms with Crippen molar-refractivity contribution in [2.24, 2.45) is 0 Å². The van der Waals surface area contributed by atoms with Crippen LogP contribution in [0.5, 0.6) is 0 Å². The van der Waals surface area contributed by atoms with Crippen LogP contribution in [0.2, 0.25) is 5.02 Å². The van der Waals surface area contributed by atoms with Crippen LogP contribution in [0.3, 0.4) is 0 Å². The fourth-order valence-electron chi connectivity index (χ4n) is 2.23. The summed E-state index contributed by atoms with van der Waals surface area (Å²) in [5.41, 5.74) is 1.02. The lowest BCUT2D eigenvalue weighted by Gasteiger charge is -2.26. The van der Waals surface area contributed by atoms with Gasteiger partial charge in [-0.1, -0.05) is 17.7 Å². The van der Waals surface area contributed by atoms with Crippen LogP contribution in [0.15, 0.2) is 18.2 Å². The molecular weight excluding hydrogens is 263 g/mol. The van der Waals surface area contributed by atoms with Crippen molar-refractivity contribution in [3.63, 3.8) is 0 Å². The molecule has 1 saturated carbocycles. The molecule has 2 nitrogen and oxygen atoms in total. The summed E-state index contributed by atoms with van der Waals surface area (Å²) in [5, 5.41) is 3.68. The highest BCUT2D eigenvalue weighted by molar-refractivity contribution is 6.30. The van der Waals surface area contributed by atoms with Gasteiger partial charge >= 0.3 is 0 Å². The van der Waals surface area contributed by atoms with Gasteiger partial charge in [0.05, 0.1) is 5.02 Å². The molecule has 0 spiro atoms. The zero-order chi connectivity index (χ0) is 14.0. The Morgan fingerprint density at radius 3 is 2.68 bits per heavy atom. The minimum atomic E-state index is -0.362. The van der Waals surface area contributed by atoms with Gasteiger partial charge in [-0.05, 0) is 51.4 Å². The third kappa shape index (κ3) is 3.91. The number of rotatable bonds is 6. The molecule has 1 aliphatic rings. The second kappa shape index (κ2) is 6.21. The maximum absolute atomic E-state index is 13.1. The lowest BCUT2D eigenvalue weighted by Crippen LogP contribution is -2.39. The molecule has 0 aromatic heterocycles. The van der Waals surface area contributed by atoms with Crippen molar-refractivity contribution in [2.45, 2.75) is 44.8 Å². The van der Waals surface area contributed by atoms with Crippen LogP contribution in [0.4, 0.5) is 4.39 Å². The van der Waals surface area contributed by atoms with Gasteiger partial charge < -0.3 is 5.32 Å². The standard InChI is InChI=1S/C15H22ClFN2/c1-10(19(3)13-5-6-13)9-18-11(2)12-4-7-15(17)14(16)8-12/h4,7-8,10-11,13,18H,5-6,9H2,1-3H3. The number of nitrogens with zero attached hydrogens (tertiary/aromatic N) is 1. The lowest BCUT2D eigenvalue weighted by molar-refractivity contribution is 0.237. The van der Waals surface area contributed by atoms with E-state index in [4.69, 9.17) is 11.6 Å². The normalized spacial score (nSPS) is 18.6. The summed E-state index contributed by atoms with van der Waals surface area (Å²) >= 11 is 5.81. The molecule has 2 unspecified atom stereocenters. The van der Waals surface area contributed by atoms with Crippen LogP contribution in [-0.4, -0.2) is 30.6 Å². The Labute approximate surface area is 119 Å². The first-order valence-corrected chi connectivity index (χ1v) is 7.27. The monoisotopic (exact) mass is 284 g/mol. The first kappa shape index (κ1) is 14.8. The molecule has 1 N–H and O–H groups in total. The second-order valence-electron chi connectivity index (χ2n) is 5.55. The highest BCUT2D eigenvalue weighted by Gasteiger charge is 2.29. The van der Waals surface area contributed by atoms with Gasteiger partial charge in [0, 0.05) is 24.7 Å². The van der Waals surface area contributed by atoms with E-state index in [1.807, 2.05) is 0 Å².